The Kier molecular flexibility index (Phi) is 4.70. The molecule has 0 radical (unpaired) electrons. The zero-order chi connectivity index (χ0) is 19.8. The van der Waals surface area contributed by atoms with Gasteiger partial charge in [0.05, 0.1) is 25.3 Å². The molecule has 8 heteroatoms. The summed E-state index contributed by atoms with van der Waals surface area (Å²) in [6.45, 7) is 3.87. The normalized spacial score (nSPS) is 14.9. The van der Waals surface area contributed by atoms with Crippen molar-refractivity contribution in [3.8, 4) is 23.1 Å². The molecule has 1 aliphatic rings. The van der Waals surface area contributed by atoms with E-state index >= 15 is 0 Å². The van der Waals surface area contributed by atoms with Crippen molar-refractivity contribution in [3.63, 3.8) is 0 Å². The fourth-order valence-corrected chi connectivity index (χ4v) is 3.75. The van der Waals surface area contributed by atoms with Crippen molar-refractivity contribution in [2.45, 2.75) is 39.2 Å². The average Bonchev–Trinajstić information content (AvgIpc) is 3.55. The number of pyridine rings is 1. The summed E-state index contributed by atoms with van der Waals surface area (Å²) < 4.78 is 12.4. The molecule has 3 aromatic rings. The Morgan fingerprint density at radius 3 is 2.64 bits per heavy atom. The third-order valence-electron chi connectivity index (χ3n) is 5.25. The molecule has 0 N–H and O–H groups in total. The summed E-state index contributed by atoms with van der Waals surface area (Å²) in [5.41, 5.74) is 3.02. The van der Waals surface area contributed by atoms with Crippen LogP contribution in [-0.4, -0.2) is 38.7 Å². The molecule has 28 heavy (non-hydrogen) atoms. The van der Waals surface area contributed by atoms with Gasteiger partial charge in [-0.2, -0.15) is 4.98 Å². The molecule has 1 saturated carbocycles. The highest BCUT2D eigenvalue weighted by atomic mass is 16.5. The summed E-state index contributed by atoms with van der Waals surface area (Å²) in [5, 5.41) is 0. The lowest BCUT2D eigenvalue weighted by molar-refractivity contribution is 0.353. The topological polar surface area (TPSA) is 92.0 Å². The molecule has 146 valence electrons. The Morgan fingerprint density at radius 1 is 1.21 bits per heavy atom. The van der Waals surface area contributed by atoms with E-state index in [-0.39, 0.29) is 17.6 Å². The van der Waals surface area contributed by atoms with Gasteiger partial charge in [0.1, 0.15) is 16.9 Å². The van der Waals surface area contributed by atoms with E-state index < -0.39 is 0 Å². The molecule has 4 rings (SSSR count). The number of methoxy groups -OCH3 is 2. The van der Waals surface area contributed by atoms with Gasteiger partial charge in [0.25, 0.3) is 5.56 Å². The molecule has 0 amide bonds. The van der Waals surface area contributed by atoms with Crippen molar-refractivity contribution in [2.75, 3.05) is 14.2 Å². The average molecular weight is 381 g/mol. The summed E-state index contributed by atoms with van der Waals surface area (Å²) in [6.07, 6.45) is 6.51. The quantitative estimate of drug-likeness (QED) is 0.648. The van der Waals surface area contributed by atoms with Crippen LogP contribution in [0.25, 0.3) is 22.3 Å². The van der Waals surface area contributed by atoms with E-state index in [0.29, 0.717) is 34.3 Å². The Morgan fingerprint density at radius 2 is 2.00 bits per heavy atom. The van der Waals surface area contributed by atoms with Gasteiger partial charge in [-0.3, -0.25) is 9.78 Å². The van der Waals surface area contributed by atoms with Crippen LogP contribution in [0.2, 0.25) is 0 Å². The van der Waals surface area contributed by atoms with Crippen LogP contribution < -0.4 is 15.0 Å². The standard InChI is InChI=1S/C20H23N5O3/c1-5-14(12-6-7-12)25-15-8-9-21-16(17(15)23-11(2)19(25)26)13-10-22-20(28-4)24-18(13)27-3/h8-10,12,14H,5-7H2,1-4H3. The molecule has 8 nitrogen and oxygen atoms in total. The fraction of sp³-hybridized carbons (Fsp3) is 0.450. The van der Waals surface area contributed by atoms with Crippen molar-refractivity contribution in [1.82, 2.24) is 24.5 Å². The van der Waals surface area contributed by atoms with Crippen LogP contribution >= 0.6 is 0 Å². The van der Waals surface area contributed by atoms with E-state index in [1.165, 1.54) is 14.2 Å². The van der Waals surface area contributed by atoms with Crippen LogP contribution in [0.3, 0.4) is 0 Å². The number of fused-ring (bicyclic) bond motifs is 1. The van der Waals surface area contributed by atoms with Crippen molar-refractivity contribution >= 4 is 11.0 Å². The lowest BCUT2D eigenvalue weighted by atomic mass is 10.1. The van der Waals surface area contributed by atoms with E-state index in [2.05, 4.69) is 26.9 Å². The maximum absolute atomic E-state index is 13.0. The van der Waals surface area contributed by atoms with Gasteiger partial charge < -0.3 is 14.0 Å². The first kappa shape index (κ1) is 18.3. The second-order valence-electron chi connectivity index (χ2n) is 6.99. The second kappa shape index (κ2) is 7.18. The van der Waals surface area contributed by atoms with Crippen LogP contribution in [0.1, 0.15) is 37.9 Å². The molecule has 0 spiro atoms. The minimum Gasteiger partial charge on any atom is -0.480 e. The summed E-state index contributed by atoms with van der Waals surface area (Å²) >= 11 is 0. The van der Waals surface area contributed by atoms with Crippen molar-refractivity contribution < 1.29 is 9.47 Å². The number of aryl methyl sites for hydroxylation is 1. The molecule has 0 saturated heterocycles. The van der Waals surface area contributed by atoms with Crippen molar-refractivity contribution in [2.24, 2.45) is 5.92 Å². The highest BCUT2D eigenvalue weighted by molar-refractivity contribution is 5.90. The first-order valence-electron chi connectivity index (χ1n) is 9.42. The first-order valence-corrected chi connectivity index (χ1v) is 9.42. The summed E-state index contributed by atoms with van der Waals surface area (Å²) in [4.78, 5) is 30.5. The zero-order valence-electron chi connectivity index (χ0n) is 16.5. The smallest absolute Gasteiger partial charge is 0.319 e. The van der Waals surface area contributed by atoms with E-state index in [0.717, 1.165) is 24.8 Å². The Balaban J connectivity index is 2.00. The van der Waals surface area contributed by atoms with Gasteiger partial charge in [0.2, 0.25) is 5.88 Å². The molecule has 0 aromatic carbocycles. The number of hydrogen-bond donors (Lipinski definition) is 0. The maximum Gasteiger partial charge on any atom is 0.319 e. The summed E-state index contributed by atoms with van der Waals surface area (Å²) in [7, 11) is 3.03. The molecule has 0 bridgehead atoms. The molecular weight excluding hydrogens is 358 g/mol. The number of ether oxygens (including phenoxy) is 2. The second-order valence-corrected chi connectivity index (χ2v) is 6.99. The lowest BCUT2D eigenvalue weighted by Crippen LogP contribution is -2.29. The molecule has 1 atom stereocenters. The lowest BCUT2D eigenvalue weighted by Gasteiger charge is -2.21. The van der Waals surface area contributed by atoms with E-state index in [1.807, 2.05) is 10.6 Å². The summed E-state index contributed by atoms with van der Waals surface area (Å²) in [6, 6.07) is 2.23. The largest absolute Gasteiger partial charge is 0.480 e. The van der Waals surface area contributed by atoms with E-state index in [1.54, 1.807) is 19.3 Å². The van der Waals surface area contributed by atoms with Gasteiger partial charge >= 0.3 is 6.01 Å². The fourth-order valence-electron chi connectivity index (χ4n) is 3.75. The highest BCUT2D eigenvalue weighted by Gasteiger charge is 2.33. The molecule has 1 fully saturated rings. The van der Waals surface area contributed by atoms with Crippen LogP contribution in [0.4, 0.5) is 0 Å². The van der Waals surface area contributed by atoms with Gasteiger partial charge in [-0.15, -0.1) is 0 Å². The van der Waals surface area contributed by atoms with Gasteiger partial charge in [-0.05, 0) is 38.2 Å². The Labute approximate surface area is 162 Å². The van der Waals surface area contributed by atoms with Crippen LogP contribution in [0, 0.1) is 12.8 Å². The minimum atomic E-state index is -0.0404. The third kappa shape index (κ3) is 2.98. The van der Waals surface area contributed by atoms with Crippen LogP contribution in [0.5, 0.6) is 11.9 Å². The minimum absolute atomic E-state index is 0.0404. The predicted molar refractivity (Wildman–Crippen MR) is 105 cm³/mol. The first-order chi connectivity index (χ1) is 13.6. The molecular formula is C20H23N5O3. The monoisotopic (exact) mass is 381 g/mol. The Hall–Kier alpha value is -3.03. The third-order valence-corrected chi connectivity index (χ3v) is 5.25. The zero-order valence-corrected chi connectivity index (χ0v) is 16.5. The number of nitrogens with zero attached hydrogens (tertiary/aromatic N) is 5. The van der Waals surface area contributed by atoms with Gasteiger partial charge in [0.15, 0.2) is 0 Å². The maximum atomic E-state index is 13.0. The molecule has 0 aliphatic heterocycles. The molecule has 3 aromatic heterocycles. The van der Waals surface area contributed by atoms with Crippen LogP contribution in [-0.2, 0) is 0 Å². The van der Waals surface area contributed by atoms with Gasteiger partial charge in [-0.25, -0.2) is 9.97 Å². The number of aromatic nitrogens is 5. The Bertz CT molecular complexity index is 1090. The molecule has 1 unspecified atom stereocenters. The van der Waals surface area contributed by atoms with Crippen LogP contribution in [0.15, 0.2) is 23.3 Å². The van der Waals surface area contributed by atoms with Gasteiger partial charge in [0, 0.05) is 18.4 Å². The van der Waals surface area contributed by atoms with E-state index in [9.17, 15) is 4.79 Å². The SMILES string of the molecule is CCC(C1CC1)n1c(=O)c(C)nc2c(-c3cnc(OC)nc3OC)nccc21. The molecule has 3 heterocycles. The highest BCUT2D eigenvalue weighted by Crippen LogP contribution is 2.42. The van der Waals surface area contributed by atoms with E-state index in [4.69, 9.17) is 9.47 Å². The number of rotatable bonds is 6. The van der Waals surface area contributed by atoms with Gasteiger partial charge in [-0.1, -0.05) is 6.92 Å². The van der Waals surface area contributed by atoms with Crippen molar-refractivity contribution in [1.29, 1.82) is 0 Å². The van der Waals surface area contributed by atoms with Crippen molar-refractivity contribution in [3.05, 3.63) is 34.5 Å². The predicted octanol–water partition coefficient (Wildman–Crippen LogP) is 2.94. The number of hydrogen-bond acceptors (Lipinski definition) is 7. The summed E-state index contributed by atoms with van der Waals surface area (Å²) in [5.74, 6) is 0.890. The molecule has 1 aliphatic carbocycles.